The van der Waals surface area contributed by atoms with Gasteiger partial charge in [0.2, 0.25) is 0 Å². The molecule has 2 atom stereocenters. The zero-order valence-electron chi connectivity index (χ0n) is 14.0. The second-order valence-corrected chi connectivity index (χ2v) is 7.19. The lowest BCUT2D eigenvalue weighted by Crippen LogP contribution is -2.20. The molecule has 1 nitrogen and oxygen atoms in total. The Kier molecular flexibility index (Phi) is 5.36. The van der Waals surface area contributed by atoms with Crippen molar-refractivity contribution in [2.45, 2.75) is 63.9 Å². The Hall–Kier alpha value is -1.08. The van der Waals surface area contributed by atoms with Gasteiger partial charge in [-0.05, 0) is 67.4 Å². The van der Waals surface area contributed by atoms with Gasteiger partial charge in [0.1, 0.15) is 0 Å². The highest BCUT2D eigenvalue weighted by Gasteiger charge is 2.23. The van der Waals surface area contributed by atoms with Crippen molar-refractivity contribution in [2.75, 3.05) is 6.61 Å². The Labute approximate surface area is 135 Å². The number of ether oxygens (including phenoxy) is 1. The minimum Gasteiger partial charge on any atom is -0.373 e. The molecule has 1 aliphatic heterocycles. The number of benzene rings is 1. The lowest BCUT2D eigenvalue weighted by molar-refractivity contribution is -0.0181. The molecular weight excluding hydrogens is 268 g/mol. The summed E-state index contributed by atoms with van der Waals surface area (Å²) in [6.45, 7) is 7.15. The Morgan fingerprint density at radius 2 is 1.68 bits per heavy atom. The van der Waals surface area contributed by atoms with E-state index in [-0.39, 0.29) is 0 Å². The molecule has 3 rings (SSSR count). The summed E-state index contributed by atoms with van der Waals surface area (Å²) in [4.78, 5) is 0. The first kappa shape index (κ1) is 15.8. The predicted molar refractivity (Wildman–Crippen MR) is 93.0 cm³/mol. The van der Waals surface area contributed by atoms with E-state index in [1.54, 1.807) is 0 Å². The van der Waals surface area contributed by atoms with E-state index >= 15 is 0 Å². The molecule has 1 saturated heterocycles. The van der Waals surface area contributed by atoms with Crippen LogP contribution in [-0.4, -0.2) is 6.61 Å². The molecule has 0 radical (unpaired) electrons. The van der Waals surface area contributed by atoms with Crippen molar-refractivity contribution in [3.63, 3.8) is 0 Å². The highest BCUT2D eigenvalue weighted by Crippen LogP contribution is 2.37. The zero-order valence-corrected chi connectivity index (χ0v) is 14.0. The Morgan fingerprint density at radius 3 is 2.23 bits per heavy atom. The molecule has 120 valence electrons. The third kappa shape index (κ3) is 3.63. The molecule has 0 N–H and O–H groups in total. The van der Waals surface area contributed by atoms with Gasteiger partial charge in [-0.3, -0.25) is 0 Å². The molecule has 1 aromatic carbocycles. The Bertz CT molecular complexity index is 459. The van der Waals surface area contributed by atoms with Gasteiger partial charge in [0, 0.05) is 0 Å². The van der Waals surface area contributed by atoms with Crippen molar-refractivity contribution in [2.24, 2.45) is 11.8 Å². The van der Waals surface area contributed by atoms with E-state index < -0.39 is 0 Å². The van der Waals surface area contributed by atoms with Crippen molar-refractivity contribution in [1.82, 2.24) is 0 Å². The number of hydrogen-bond acceptors (Lipinski definition) is 1. The Morgan fingerprint density at radius 1 is 1.00 bits per heavy atom. The standard InChI is InChI=1S/C21H30O/c1-3-16-5-8-18(9-6-16)19-10-12-20(13-11-19)21-14-7-17(4-2)15-22-21/h3,10-13,16-18,21H,1,4-9,14-15H2,2H3. The Balaban J connectivity index is 1.58. The molecule has 1 aliphatic carbocycles. The third-order valence-corrected chi connectivity index (χ3v) is 5.83. The van der Waals surface area contributed by atoms with Crippen LogP contribution < -0.4 is 0 Å². The largest absolute Gasteiger partial charge is 0.373 e. The molecule has 2 aliphatic rings. The highest BCUT2D eigenvalue weighted by atomic mass is 16.5. The maximum absolute atomic E-state index is 6.07. The van der Waals surface area contributed by atoms with E-state index in [2.05, 4.69) is 43.8 Å². The average molecular weight is 298 g/mol. The number of allylic oxidation sites excluding steroid dienone is 1. The van der Waals surface area contributed by atoms with Crippen LogP contribution >= 0.6 is 0 Å². The molecule has 1 saturated carbocycles. The minimum atomic E-state index is 0.327. The lowest BCUT2D eigenvalue weighted by Gasteiger charge is -2.29. The van der Waals surface area contributed by atoms with Gasteiger partial charge in [0.05, 0.1) is 12.7 Å². The molecule has 0 bridgehead atoms. The quantitative estimate of drug-likeness (QED) is 0.617. The van der Waals surface area contributed by atoms with Crippen LogP contribution in [0.4, 0.5) is 0 Å². The predicted octanol–water partition coefficient (Wildman–Crippen LogP) is 6.02. The van der Waals surface area contributed by atoms with E-state index in [4.69, 9.17) is 4.74 Å². The molecule has 1 heteroatoms. The molecule has 1 heterocycles. The molecule has 0 spiro atoms. The van der Waals surface area contributed by atoms with E-state index in [9.17, 15) is 0 Å². The second-order valence-electron chi connectivity index (χ2n) is 7.19. The number of hydrogen-bond donors (Lipinski definition) is 0. The summed E-state index contributed by atoms with van der Waals surface area (Å²) >= 11 is 0. The van der Waals surface area contributed by atoms with Crippen molar-refractivity contribution >= 4 is 0 Å². The maximum atomic E-state index is 6.07. The van der Waals surface area contributed by atoms with Gasteiger partial charge in [0.15, 0.2) is 0 Å². The van der Waals surface area contributed by atoms with Crippen LogP contribution in [0, 0.1) is 11.8 Å². The lowest BCUT2D eigenvalue weighted by atomic mass is 9.78. The summed E-state index contributed by atoms with van der Waals surface area (Å²) in [5, 5.41) is 0. The first-order valence-corrected chi connectivity index (χ1v) is 9.14. The maximum Gasteiger partial charge on any atom is 0.0825 e. The van der Waals surface area contributed by atoms with Crippen molar-refractivity contribution < 1.29 is 4.74 Å². The van der Waals surface area contributed by atoms with Crippen LogP contribution in [-0.2, 0) is 4.74 Å². The summed E-state index contributed by atoms with van der Waals surface area (Å²) in [5.41, 5.74) is 2.89. The summed E-state index contributed by atoms with van der Waals surface area (Å²) in [6, 6.07) is 9.32. The molecule has 0 amide bonds. The molecule has 2 fully saturated rings. The zero-order chi connectivity index (χ0) is 15.4. The van der Waals surface area contributed by atoms with Gasteiger partial charge in [0.25, 0.3) is 0 Å². The summed E-state index contributed by atoms with van der Waals surface area (Å²) in [6.07, 6.45) is 11.5. The van der Waals surface area contributed by atoms with Crippen LogP contribution in [0.25, 0.3) is 0 Å². The van der Waals surface area contributed by atoms with Gasteiger partial charge in [-0.25, -0.2) is 0 Å². The SMILES string of the molecule is C=CC1CCC(c2ccc(C3CCC(CC)CO3)cc2)CC1. The topological polar surface area (TPSA) is 9.23 Å². The van der Waals surface area contributed by atoms with Crippen molar-refractivity contribution in [3.8, 4) is 0 Å². The summed E-state index contributed by atoms with van der Waals surface area (Å²) in [7, 11) is 0. The minimum absolute atomic E-state index is 0.327. The van der Waals surface area contributed by atoms with Crippen LogP contribution in [0.1, 0.15) is 75.0 Å². The van der Waals surface area contributed by atoms with Gasteiger partial charge < -0.3 is 4.74 Å². The van der Waals surface area contributed by atoms with Crippen molar-refractivity contribution in [3.05, 3.63) is 48.0 Å². The van der Waals surface area contributed by atoms with Crippen LogP contribution in [0.2, 0.25) is 0 Å². The average Bonchev–Trinajstić information content (AvgIpc) is 2.62. The van der Waals surface area contributed by atoms with Gasteiger partial charge in [-0.15, -0.1) is 6.58 Å². The van der Waals surface area contributed by atoms with Gasteiger partial charge >= 0.3 is 0 Å². The molecule has 0 aromatic heterocycles. The third-order valence-electron chi connectivity index (χ3n) is 5.83. The van der Waals surface area contributed by atoms with Crippen LogP contribution in [0.5, 0.6) is 0 Å². The first-order valence-electron chi connectivity index (χ1n) is 9.14. The van der Waals surface area contributed by atoms with E-state index in [0.29, 0.717) is 6.10 Å². The summed E-state index contributed by atoms with van der Waals surface area (Å²) < 4.78 is 6.07. The van der Waals surface area contributed by atoms with Crippen molar-refractivity contribution in [1.29, 1.82) is 0 Å². The van der Waals surface area contributed by atoms with Crippen LogP contribution in [0.3, 0.4) is 0 Å². The fourth-order valence-corrected chi connectivity index (χ4v) is 4.06. The number of rotatable bonds is 4. The molecular formula is C21H30O. The van der Waals surface area contributed by atoms with Gasteiger partial charge in [-0.2, -0.15) is 0 Å². The molecule has 22 heavy (non-hydrogen) atoms. The first-order chi connectivity index (χ1) is 10.8. The van der Waals surface area contributed by atoms with Crippen LogP contribution in [0.15, 0.2) is 36.9 Å². The van der Waals surface area contributed by atoms with E-state index in [1.165, 1.54) is 56.1 Å². The highest BCUT2D eigenvalue weighted by molar-refractivity contribution is 5.27. The molecule has 2 unspecified atom stereocenters. The van der Waals surface area contributed by atoms with E-state index in [1.807, 2.05) is 0 Å². The summed E-state index contributed by atoms with van der Waals surface area (Å²) in [5.74, 6) is 2.27. The fourth-order valence-electron chi connectivity index (χ4n) is 4.06. The van der Waals surface area contributed by atoms with E-state index in [0.717, 1.165) is 24.4 Å². The van der Waals surface area contributed by atoms with Gasteiger partial charge in [-0.1, -0.05) is 43.7 Å². The second kappa shape index (κ2) is 7.46. The fraction of sp³-hybridized carbons (Fsp3) is 0.619. The smallest absolute Gasteiger partial charge is 0.0825 e. The normalized spacial score (nSPS) is 32.6. The molecule has 1 aromatic rings. The monoisotopic (exact) mass is 298 g/mol.